The number of rotatable bonds is 10. The fourth-order valence-electron chi connectivity index (χ4n) is 3.31. The number of aliphatic hydroxyl groups is 1. The third-order valence-electron chi connectivity index (χ3n) is 5.37. The molecule has 0 aliphatic heterocycles. The summed E-state index contributed by atoms with van der Waals surface area (Å²) in [6.07, 6.45) is 7.81. The lowest BCUT2D eigenvalue weighted by Gasteiger charge is -2.20. The summed E-state index contributed by atoms with van der Waals surface area (Å²) in [5.74, 6) is 2.06. The molecule has 0 bridgehead atoms. The largest absolute Gasteiger partial charge is 0.506 e. The molecule has 3 aromatic rings. The van der Waals surface area contributed by atoms with Gasteiger partial charge in [0.25, 0.3) is 0 Å². The first-order chi connectivity index (χ1) is 18.0. The Morgan fingerprint density at radius 1 is 1.26 bits per heavy atom. The van der Waals surface area contributed by atoms with Crippen molar-refractivity contribution in [3.05, 3.63) is 59.8 Å². The number of aromatic hydroxyl groups is 1. The first-order valence-electron chi connectivity index (χ1n) is 11.1. The molecule has 0 fully saturated rings. The van der Waals surface area contributed by atoms with Gasteiger partial charge in [0.15, 0.2) is 5.82 Å². The quantitative estimate of drug-likeness (QED) is 0.195. The number of methoxy groups -OCH3 is 2. The molecule has 1 aromatic carbocycles. The van der Waals surface area contributed by atoms with Crippen LogP contribution < -0.4 is 9.46 Å². The standard InChI is InChI=1S/C24H27N7O6S/c1-7-9-20(37-6)27-15(3)23-28-29-24(31(23)21-18(32)10-8-11-19(21)36-5)30-38(34,35)16(4)22(33)17-13-25-14(2)12-26-17/h1,8-13,16,22,32-33H,2-6H3,(H,29,30)/b20-9+,27-15?/t16-,22-/m0/s1. The highest BCUT2D eigenvalue weighted by Crippen LogP contribution is 2.35. The van der Waals surface area contributed by atoms with Gasteiger partial charge in [-0.25, -0.2) is 13.4 Å². The van der Waals surface area contributed by atoms with E-state index in [0.717, 1.165) is 0 Å². The van der Waals surface area contributed by atoms with Crippen molar-refractivity contribution in [2.24, 2.45) is 4.99 Å². The zero-order valence-corrected chi connectivity index (χ0v) is 22.1. The van der Waals surface area contributed by atoms with Gasteiger partial charge in [0.05, 0.1) is 43.6 Å². The molecule has 0 unspecified atom stereocenters. The van der Waals surface area contributed by atoms with Gasteiger partial charge in [0.1, 0.15) is 28.5 Å². The Morgan fingerprint density at radius 3 is 2.61 bits per heavy atom. The van der Waals surface area contributed by atoms with Gasteiger partial charge in [0.2, 0.25) is 21.9 Å². The molecule has 0 spiro atoms. The number of anilines is 1. The maximum Gasteiger partial charge on any atom is 0.243 e. The lowest BCUT2D eigenvalue weighted by Crippen LogP contribution is -2.32. The fraction of sp³-hybridized carbons (Fsp3) is 0.292. The number of benzene rings is 1. The monoisotopic (exact) mass is 541 g/mol. The average molecular weight is 542 g/mol. The van der Waals surface area contributed by atoms with E-state index in [1.54, 1.807) is 26.0 Å². The molecule has 0 amide bonds. The van der Waals surface area contributed by atoms with Crippen LogP contribution in [0.1, 0.15) is 37.2 Å². The van der Waals surface area contributed by atoms with Gasteiger partial charge in [-0.05, 0) is 32.9 Å². The van der Waals surface area contributed by atoms with Gasteiger partial charge in [0, 0.05) is 6.20 Å². The number of terminal acetylenes is 1. The predicted octanol–water partition coefficient (Wildman–Crippen LogP) is 1.87. The number of sulfonamides is 1. The van der Waals surface area contributed by atoms with Crippen LogP contribution in [-0.2, 0) is 14.8 Å². The summed E-state index contributed by atoms with van der Waals surface area (Å²) in [4.78, 5) is 12.4. The van der Waals surface area contributed by atoms with Crippen molar-refractivity contribution in [3.63, 3.8) is 0 Å². The number of ether oxygens (including phenoxy) is 2. The van der Waals surface area contributed by atoms with E-state index >= 15 is 0 Å². The van der Waals surface area contributed by atoms with Crippen molar-refractivity contribution in [2.75, 3.05) is 18.9 Å². The number of aromatic nitrogens is 5. The molecule has 2 heterocycles. The highest BCUT2D eigenvalue weighted by Gasteiger charge is 2.33. The highest BCUT2D eigenvalue weighted by molar-refractivity contribution is 7.93. The molecule has 13 nitrogen and oxygen atoms in total. The molecule has 200 valence electrons. The van der Waals surface area contributed by atoms with Crippen LogP contribution in [0.2, 0.25) is 0 Å². The second-order valence-electron chi connectivity index (χ2n) is 7.94. The number of phenols is 1. The molecule has 2 aromatic heterocycles. The Kier molecular flexibility index (Phi) is 8.66. The molecule has 2 atom stereocenters. The Hall–Kier alpha value is -4.48. The summed E-state index contributed by atoms with van der Waals surface area (Å²) in [6.45, 7) is 4.59. The topological polar surface area (TPSA) is 174 Å². The number of hydrogen-bond donors (Lipinski definition) is 3. The maximum absolute atomic E-state index is 13.3. The van der Waals surface area contributed by atoms with Crippen molar-refractivity contribution < 1.29 is 28.1 Å². The number of aliphatic hydroxyl groups excluding tert-OH is 1. The average Bonchev–Trinajstić information content (AvgIpc) is 3.29. The highest BCUT2D eigenvalue weighted by atomic mass is 32.2. The van der Waals surface area contributed by atoms with Crippen molar-refractivity contribution in [1.82, 2.24) is 24.7 Å². The molecule has 38 heavy (non-hydrogen) atoms. The molecule has 0 aliphatic rings. The Morgan fingerprint density at radius 2 is 2.00 bits per heavy atom. The van der Waals surface area contributed by atoms with E-state index in [1.165, 1.54) is 50.2 Å². The van der Waals surface area contributed by atoms with E-state index in [-0.39, 0.29) is 46.2 Å². The summed E-state index contributed by atoms with van der Waals surface area (Å²) >= 11 is 0. The van der Waals surface area contributed by atoms with Crippen LogP contribution in [0.3, 0.4) is 0 Å². The summed E-state index contributed by atoms with van der Waals surface area (Å²) in [5, 5.41) is 28.1. The first-order valence-corrected chi connectivity index (χ1v) is 12.6. The molecule has 0 saturated carbocycles. The van der Waals surface area contributed by atoms with Gasteiger partial charge in [-0.1, -0.05) is 12.0 Å². The number of hydrogen-bond acceptors (Lipinski definition) is 11. The smallest absolute Gasteiger partial charge is 0.243 e. The summed E-state index contributed by atoms with van der Waals surface area (Å²) in [7, 11) is -1.54. The Bertz CT molecular complexity index is 1510. The van der Waals surface area contributed by atoms with Gasteiger partial charge in [-0.15, -0.1) is 16.6 Å². The second kappa shape index (κ2) is 11.7. The second-order valence-corrected chi connectivity index (χ2v) is 9.98. The van der Waals surface area contributed by atoms with Crippen LogP contribution >= 0.6 is 0 Å². The zero-order valence-electron chi connectivity index (χ0n) is 21.3. The van der Waals surface area contributed by atoms with Crippen molar-refractivity contribution >= 4 is 21.7 Å². The predicted molar refractivity (Wildman–Crippen MR) is 139 cm³/mol. The number of nitrogens with one attached hydrogen (secondary N) is 1. The van der Waals surface area contributed by atoms with E-state index in [9.17, 15) is 18.6 Å². The molecule has 3 N–H and O–H groups in total. The first kappa shape index (κ1) is 28.1. The lowest BCUT2D eigenvalue weighted by atomic mass is 10.2. The number of phenolic OH excluding ortho intramolecular Hbond substituents is 1. The molecule has 14 heteroatoms. The number of allylic oxidation sites excluding steroid dienone is 1. The summed E-state index contributed by atoms with van der Waals surface area (Å²) < 4.78 is 40.7. The number of nitrogens with zero attached hydrogens (tertiary/aromatic N) is 6. The minimum atomic E-state index is -4.30. The van der Waals surface area contributed by atoms with Crippen molar-refractivity contribution in [1.29, 1.82) is 0 Å². The molecular formula is C24H27N7O6S. The van der Waals surface area contributed by atoms with Gasteiger partial charge in [-0.3, -0.25) is 19.3 Å². The van der Waals surface area contributed by atoms with Crippen LogP contribution in [0.5, 0.6) is 11.5 Å². The summed E-state index contributed by atoms with van der Waals surface area (Å²) in [6, 6.07) is 4.49. The van der Waals surface area contributed by atoms with Crippen molar-refractivity contribution in [3.8, 4) is 29.5 Å². The van der Waals surface area contributed by atoms with Crippen LogP contribution in [-0.4, -0.2) is 68.5 Å². The van der Waals surface area contributed by atoms with E-state index < -0.39 is 21.4 Å². The maximum atomic E-state index is 13.3. The van der Waals surface area contributed by atoms with Gasteiger partial charge in [-0.2, -0.15) is 0 Å². The van der Waals surface area contributed by atoms with E-state index in [4.69, 9.17) is 15.9 Å². The molecule has 0 radical (unpaired) electrons. The normalized spacial score (nSPS) is 13.9. The van der Waals surface area contributed by atoms with Crippen LogP contribution in [0.15, 0.2) is 47.5 Å². The number of aliphatic imine (C=N–C) groups is 1. The Labute approximate surface area is 220 Å². The minimum Gasteiger partial charge on any atom is -0.506 e. The fourth-order valence-corrected chi connectivity index (χ4v) is 4.36. The summed E-state index contributed by atoms with van der Waals surface area (Å²) in [5.41, 5.74) is 0.949. The lowest BCUT2D eigenvalue weighted by molar-refractivity contribution is 0.171. The number of para-hydroxylation sites is 1. The van der Waals surface area contributed by atoms with Crippen LogP contribution in [0, 0.1) is 19.3 Å². The van der Waals surface area contributed by atoms with E-state index in [2.05, 4.69) is 35.8 Å². The third-order valence-corrected chi connectivity index (χ3v) is 7.08. The number of aryl methyl sites for hydroxylation is 1. The van der Waals surface area contributed by atoms with Gasteiger partial charge < -0.3 is 19.7 Å². The Balaban J connectivity index is 2.14. The van der Waals surface area contributed by atoms with E-state index in [1.807, 2.05) is 0 Å². The van der Waals surface area contributed by atoms with E-state index in [0.29, 0.717) is 5.69 Å². The molecule has 0 saturated heterocycles. The van der Waals surface area contributed by atoms with Crippen LogP contribution in [0.4, 0.5) is 5.95 Å². The zero-order chi connectivity index (χ0) is 28.0. The third kappa shape index (κ3) is 5.90. The van der Waals surface area contributed by atoms with Crippen molar-refractivity contribution in [2.45, 2.75) is 32.1 Å². The SMILES string of the molecule is C#C/C=C(\N=C(C)c1nnc(NS(=O)(=O)[C@@H](C)[C@H](O)c2cnc(C)cn2)n1-c1c(O)cccc1OC)OC. The molecule has 3 rings (SSSR count). The minimum absolute atomic E-state index is 0.0414. The molecular weight excluding hydrogens is 514 g/mol. The van der Waals surface area contributed by atoms with Crippen LogP contribution in [0.25, 0.3) is 5.69 Å². The molecule has 0 aliphatic carbocycles. The van der Waals surface area contributed by atoms with Gasteiger partial charge >= 0.3 is 0 Å².